The quantitative estimate of drug-likeness (QED) is 0.301. The minimum Gasteiger partial charge on any atom is -0.368 e. The molecule has 3 aliphatic rings. The summed E-state index contributed by atoms with van der Waals surface area (Å²) in [5.74, 6) is -0.0776. The number of aryl methyl sites for hydroxylation is 1. The van der Waals surface area contributed by atoms with E-state index in [0.717, 1.165) is 39.0 Å². The van der Waals surface area contributed by atoms with Gasteiger partial charge in [0.2, 0.25) is 5.91 Å². The third-order valence-corrected chi connectivity index (χ3v) is 9.51. The first kappa shape index (κ1) is 29.6. The van der Waals surface area contributed by atoms with Crippen LogP contribution in [0.4, 0.5) is 21.0 Å². The lowest BCUT2D eigenvalue weighted by Gasteiger charge is -2.41. The van der Waals surface area contributed by atoms with Crippen LogP contribution in [0.2, 0.25) is 0 Å². The molecule has 1 atom stereocenters. The number of rotatable bonds is 6. The van der Waals surface area contributed by atoms with E-state index in [0.29, 0.717) is 65.1 Å². The lowest BCUT2D eigenvalue weighted by Crippen LogP contribution is -2.58. The molecule has 5 heterocycles. The molecule has 5 amide bonds. The number of nitrogens with one attached hydrogen (secondary N) is 3. The molecule has 3 N–H and O–H groups in total. The number of piperazine rings is 1. The van der Waals surface area contributed by atoms with Crippen molar-refractivity contribution in [1.82, 2.24) is 35.2 Å². The molecular formula is C34H39N9O3. The molecule has 0 bridgehead atoms. The SMILES string of the molecule is Cc1cc(CC(NC(=O)N2CCC(N3Cc4ccccc4NC3=O)CC2)C(=O)N2CCN(c3ccncc3)CC2)cc2cn[nH]c12. The van der Waals surface area contributed by atoms with Crippen molar-refractivity contribution in [2.24, 2.45) is 0 Å². The number of nitrogens with zero attached hydrogens (tertiary/aromatic N) is 6. The highest BCUT2D eigenvalue weighted by atomic mass is 16.2. The van der Waals surface area contributed by atoms with Crippen molar-refractivity contribution in [3.8, 4) is 0 Å². The number of H-pyrrole nitrogens is 1. The van der Waals surface area contributed by atoms with Crippen LogP contribution in [0, 0.1) is 6.92 Å². The standard InChI is InChI=1S/C34H39N9O3/c1-23-18-24(19-26-21-36-39-31(23)26)20-30(32(44)41-16-14-40(15-17-41)27-6-10-35-11-7-27)38-33(45)42-12-8-28(9-13-42)43-22-25-4-2-3-5-29(25)37-34(43)46/h2-7,10-11,18-19,21,28,30H,8-9,12-17,20,22H2,1H3,(H,36,39)(H,37,46)(H,38,45). The van der Waals surface area contributed by atoms with Crippen LogP contribution >= 0.6 is 0 Å². The zero-order chi connectivity index (χ0) is 31.6. The molecular weight excluding hydrogens is 582 g/mol. The third kappa shape index (κ3) is 6.07. The van der Waals surface area contributed by atoms with Crippen LogP contribution in [0.15, 0.2) is 67.1 Å². The molecule has 0 saturated carbocycles. The van der Waals surface area contributed by atoms with Gasteiger partial charge in [-0.25, -0.2) is 9.59 Å². The molecule has 2 saturated heterocycles. The second kappa shape index (κ2) is 12.7. The molecule has 12 nitrogen and oxygen atoms in total. The van der Waals surface area contributed by atoms with Crippen molar-refractivity contribution in [2.75, 3.05) is 49.5 Å². The summed E-state index contributed by atoms with van der Waals surface area (Å²) >= 11 is 0. The maximum Gasteiger partial charge on any atom is 0.322 e. The fourth-order valence-corrected chi connectivity index (χ4v) is 6.96. The number of aromatic nitrogens is 3. The predicted octanol–water partition coefficient (Wildman–Crippen LogP) is 3.75. The van der Waals surface area contributed by atoms with Gasteiger partial charge in [-0.05, 0) is 60.7 Å². The maximum absolute atomic E-state index is 14.1. The number of urea groups is 2. The number of hydrogen-bond donors (Lipinski definition) is 3. The van der Waals surface area contributed by atoms with E-state index in [9.17, 15) is 14.4 Å². The summed E-state index contributed by atoms with van der Waals surface area (Å²) in [6.45, 7) is 6.14. The highest BCUT2D eigenvalue weighted by Gasteiger charge is 2.35. The number of benzene rings is 2. The van der Waals surface area contributed by atoms with E-state index in [2.05, 4.69) is 36.8 Å². The van der Waals surface area contributed by atoms with Crippen LogP contribution < -0.4 is 15.5 Å². The summed E-state index contributed by atoms with van der Waals surface area (Å²) < 4.78 is 0. The van der Waals surface area contributed by atoms with Crippen LogP contribution in [-0.4, -0.2) is 99.2 Å². The number of para-hydroxylation sites is 1. The number of anilines is 2. The largest absolute Gasteiger partial charge is 0.368 e. The average molecular weight is 622 g/mol. The fraction of sp³-hybridized carbons (Fsp3) is 0.382. The Morgan fingerprint density at radius 2 is 1.74 bits per heavy atom. The molecule has 12 heteroatoms. The van der Waals surface area contributed by atoms with Gasteiger partial charge >= 0.3 is 12.1 Å². The number of aromatic amines is 1. The van der Waals surface area contributed by atoms with Gasteiger partial charge in [0, 0.05) is 87.4 Å². The molecule has 0 radical (unpaired) electrons. The Balaban J connectivity index is 1.02. The van der Waals surface area contributed by atoms with Gasteiger partial charge < -0.3 is 30.2 Å². The van der Waals surface area contributed by atoms with Crippen LogP contribution in [0.1, 0.15) is 29.5 Å². The number of fused-ring (bicyclic) bond motifs is 2. The minimum absolute atomic E-state index is 0.0381. The van der Waals surface area contributed by atoms with Crippen molar-refractivity contribution in [3.63, 3.8) is 0 Å². The Kier molecular flexibility index (Phi) is 8.17. The topological polar surface area (TPSA) is 130 Å². The molecule has 2 aromatic heterocycles. The number of pyridine rings is 1. The second-order valence-corrected chi connectivity index (χ2v) is 12.4. The van der Waals surface area contributed by atoms with E-state index in [1.807, 2.05) is 59.2 Å². The summed E-state index contributed by atoms with van der Waals surface area (Å²) in [6.07, 6.45) is 7.07. The summed E-state index contributed by atoms with van der Waals surface area (Å²) in [5, 5.41) is 14.3. The third-order valence-electron chi connectivity index (χ3n) is 9.51. The van der Waals surface area contributed by atoms with Crippen LogP contribution in [0.3, 0.4) is 0 Å². The number of hydrogen-bond acceptors (Lipinski definition) is 6. The van der Waals surface area contributed by atoms with Crippen LogP contribution in [0.5, 0.6) is 0 Å². The number of carbonyl (C=O) groups excluding carboxylic acids is 3. The Bertz CT molecular complexity index is 1730. The van der Waals surface area contributed by atoms with Gasteiger partial charge in [0.05, 0.1) is 11.7 Å². The zero-order valence-electron chi connectivity index (χ0n) is 26.0. The van der Waals surface area contributed by atoms with Crippen molar-refractivity contribution in [2.45, 2.75) is 44.8 Å². The van der Waals surface area contributed by atoms with E-state index in [-0.39, 0.29) is 24.0 Å². The van der Waals surface area contributed by atoms with Crippen molar-refractivity contribution < 1.29 is 14.4 Å². The van der Waals surface area contributed by atoms with E-state index in [4.69, 9.17) is 0 Å². The lowest BCUT2D eigenvalue weighted by atomic mass is 10.00. The van der Waals surface area contributed by atoms with Crippen LogP contribution in [0.25, 0.3) is 10.9 Å². The average Bonchev–Trinajstić information content (AvgIpc) is 3.57. The van der Waals surface area contributed by atoms with Crippen molar-refractivity contribution in [1.29, 1.82) is 0 Å². The normalized spacial score (nSPS) is 17.9. The maximum atomic E-state index is 14.1. The van der Waals surface area contributed by atoms with Gasteiger partial charge in [0.25, 0.3) is 0 Å². The molecule has 0 aliphatic carbocycles. The first-order chi connectivity index (χ1) is 22.4. The Morgan fingerprint density at radius 3 is 2.52 bits per heavy atom. The van der Waals surface area contributed by atoms with E-state index in [1.165, 1.54) is 0 Å². The minimum atomic E-state index is -0.717. The highest BCUT2D eigenvalue weighted by Crippen LogP contribution is 2.28. The highest BCUT2D eigenvalue weighted by molar-refractivity contribution is 5.92. The molecule has 46 heavy (non-hydrogen) atoms. The molecule has 7 rings (SSSR count). The summed E-state index contributed by atoms with van der Waals surface area (Å²) in [4.78, 5) is 52.5. The van der Waals surface area contributed by atoms with Crippen molar-refractivity contribution in [3.05, 3.63) is 83.8 Å². The van der Waals surface area contributed by atoms with Gasteiger partial charge in [-0.15, -0.1) is 0 Å². The molecule has 0 spiro atoms. The number of piperidine rings is 1. The van der Waals surface area contributed by atoms with Gasteiger partial charge in [-0.3, -0.25) is 14.9 Å². The van der Waals surface area contributed by atoms with Crippen molar-refractivity contribution >= 4 is 40.2 Å². The Hall–Kier alpha value is -5.13. The monoisotopic (exact) mass is 621 g/mol. The first-order valence-corrected chi connectivity index (χ1v) is 16.0. The van der Waals surface area contributed by atoms with E-state index >= 15 is 0 Å². The predicted molar refractivity (Wildman–Crippen MR) is 175 cm³/mol. The molecule has 238 valence electrons. The summed E-state index contributed by atoms with van der Waals surface area (Å²) in [6, 6.07) is 14.9. The smallest absolute Gasteiger partial charge is 0.322 e. The Morgan fingerprint density at radius 1 is 0.978 bits per heavy atom. The van der Waals surface area contributed by atoms with E-state index < -0.39 is 6.04 Å². The summed E-state index contributed by atoms with van der Waals surface area (Å²) in [7, 11) is 0. The molecule has 3 aliphatic heterocycles. The van der Waals surface area contributed by atoms with Gasteiger partial charge in [-0.1, -0.05) is 24.3 Å². The molecule has 4 aromatic rings. The first-order valence-electron chi connectivity index (χ1n) is 16.0. The molecule has 2 fully saturated rings. The summed E-state index contributed by atoms with van der Waals surface area (Å²) in [5.41, 5.74) is 6.02. The second-order valence-electron chi connectivity index (χ2n) is 12.4. The van der Waals surface area contributed by atoms with Crippen LogP contribution in [-0.2, 0) is 17.8 Å². The van der Waals surface area contributed by atoms with E-state index in [1.54, 1.807) is 23.5 Å². The Labute approximate surface area is 267 Å². The zero-order valence-corrected chi connectivity index (χ0v) is 26.0. The number of likely N-dealkylation sites (tertiary alicyclic amines) is 1. The van der Waals surface area contributed by atoms with Gasteiger partial charge in [0.1, 0.15) is 6.04 Å². The number of carbonyl (C=O) groups is 3. The molecule has 1 unspecified atom stereocenters. The molecule has 2 aromatic carbocycles. The lowest BCUT2D eigenvalue weighted by molar-refractivity contribution is -0.133. The van der Waals surface area contributed by atoms with Gasteiger partial charge in [0.15, 0.2) is 0 Å². The fourth-order valence-electron chi connectivity index (χ4n) is 6.96. The number of amides is 5. The van der Waals surface area contributed by atoms with Gasteiger partial charge in [-0.2, -0.15) is 5.10 Å².